The maximum Gasteiger partial charge on any atom is 0.391 e. The number of halogens is 6. The number of rotatable bonds is 9. The molecule has 206 valence electrons. The Morgan fingerprint density at radius 2 is 2.00 bits per heavy atom. The number of carbonyl (C=O) groups excluding carboxylic acids is 1. The number of carbonyl (C=O) groups is 1. The second-order valence-corrected chi connectivity index (χ2v) is 9.99. The van der Waals surface area contributed by atoms with Crippen LogP contribution in [0, 0.1) is 11.8 Å². The van der Waals surface area contributed by atoms with Crippen LogP contribution in [0.2, 0.25) is 5.15 Å². The van der Waals surface area contributed by atoms with E-state index in [9.17, 15) is 31.9 Å². The second kappa shape index (κ2) is 11.5. The van der Waals surface area contributed by atoms with E-state index in [1.807, 2.05) is 0 Å². The molecule has 13 heteroatoms. The number of aryl methyl sites for hydroxylation is 1. The number of amides is 1. The van der Waals surface area contributed by atoms with Crippen LogP contribution in [0.5, 0.6) is 5.75 Å². The Balaban J connectivity index is 1.91. The van der Waals surface area contributed by atoms with Crippen molar-refractivity contribution in [1.29, 1.82) is 0 Å². The number of hydrogen-bond donors (Lipinski definition) is 2. The lowest BCUT2D eigenvalue weighted by atomic mass is 9.79. The molecule has 1 aliphatic rings. The molecule has 0 spiro atoms. The Labute approximate surface area is 216 Å². The summed E-state index contributed by atoms with van der Waals surface area (Å²) in [5, 5.41) is 13.2. The molecular weight excluding hydrogens is 523 g/mol. The lowest BCUT2D eigenvalue weighted by molar-refractivity contribution is -0.169. The summed E-state index contributed by atoms with van der Waals surface area (Å²) < 4.78 is 71.0. The molecule has 2 aromatic rings. The van der Waals surface area contributed by atoms with Crippen molar-refractivity contribution < 1.29 is 36.6 Å². The van der Waals surface area contributed by atoms with E-state index in [1.165, 1.54) is 0 Å². The van der Waals surface area contributed by atoms with Crippen LogP contribution in [-0.4, -0.2) is 50.5 Å². The molecule has 2 heterocycles. The standard InChI is InChI=1S/C24H30ClF5N4O3/c1-4-17-33-18(21(35)32-12-23(36)7-5-13(2)6-8-23)19(25)34(17)20-16(37-22(26)27)10-15(11-31-20)9-14(3)24(28,29)30/h10-11,13-14,22,36H,4-9,12H2,1-3H3,(H,32,35)/t13?,14-,23?/m0/s1. The van der Waals surface area contributed by atoms with E-state index in [1.54, 1.807) is 6.92 Å². The summed E-state index contributed by atoms with van der Waals surface area (Å²) in [4.78, 5) is 21.2. The minimum atomic E-state index is -4.48. The Morgan fingerprint density at radius 3 is 2.57 bits per heavy atom. The summed E-state index contributed by atoms with van der Waals surface area (Å²) in [7, 11) is 0. The molecule has 1 saturated carbocycles. The molecule has 37 heavy (non-hydrogen) atoms. The van der Waals surface area contributed by atoms with Crippen molar-refractivity contribution in [3.8, 4) is 11.6 Å². The highest BCUT2D eigenvalue weighted by Crippen LogP contribution is 2.34. The van der Waals surface area contributed by atoms with Gasteiger partial charge in [0.15, 0.2) is 17.3 Å². The quantitative estimate of drug-likeness (QED) is 0.401. The number of pyridine rings is 1. The summed E-state index contributed by atoms with van der Waals surface area (Å²) in [6, 6.07) is 1.05. The SMILES string of the molecule is CCc1nc(C(=O)NCC2(O)CCC(C)CC2)c(Cl)n1-c1ncc(C[C@H](C)C(F)(F)F)cc1OC(F)F. The molecule has 0 unspecified atom stereocenters. The largest absolute Gasteiger partial charge is 0.431 e. The molecule has 3 rings (SSSR count). The monoisotopic (exact) mass is 552 g/mol. The molecule has 7 nitrogen and oxygen atoms in total. The van der Waals surface area contributed by atoms with E-state index in [0.717, 1.165) is 36.6 Å². The summed E-state index contributed by atoms with van der Waals surface area (Å²) in [6.45, 7) is 1.47. The maximum absolute atomic E-state index is 13.2. The van der Waals surface area contributed by atoms with Gasteiger partial charge in [-0.05, 0) is 49.7 Å². The van der Waals surface area contributed by atoms with Gasteiger partial charge in [-0.25, -0.2) is 9.97 Å². The minimum absolute atomic E-state index is 0.00667. The normalized spacial score (nSPS) is 21.2. The molecule has 0 saturated heterocycles. The van der Waals surface area contributed by atoms with Crippen molar-refractivity contribution in [3.63, 3.8) is 0 Å². The predicted molar refractivity (Wildman–Crippen MR) is 126 cm³/mol. The van der Waals surface area contributed by atoms with Gasteiger partial charge < -0.3 is 15.2 Å². The van der Waals surface area contributed by atoms with Gasteiger partial charge in [0.25, 0.3) is 5.91 Å². The number of nitrogens with zero attached hydrogens (tertiary/aromatic N) is 3. The van der Waals surface area contributed by atoms with Gasteiger partial charge in [0.2, 0.25) is 0 Å². The number of alkyl halides is 5. The first-order valence-electron chi connectivity index (χ1n) is 12.0. The molecule has 1 aliphatic carbocycles. The summed E-state index contributed by atoms with van der Waals surface area (Å²) >= 11 is 6.45. The Bertz CT molecular complexity index is 1100. The first-order chi connectivity index (χ1) is 17.2. The summed E-state index contributed by atoms with van der Waals surface area (Å²) in [5.41, 5.74) is -1.22. The van der Waals surface area contributed by atoms with Crippen LogP contribution in [0.4, 0.5) is 22.0 Å². The van der Waals surface area contributed by atoms with Crippen LogP contribution in [0.25, 0.3) is 5.82 Å². The second-order valence-electron chi connectivity index (χ2n) is 9.64. The molecule has 0 aliphatic heterocycles. The molecule has 1 fully saturated rings. The van der Waals surface area contributed by atoms with Crippen molar-refractivity contribution in [1.82, 2.24) is 19.9 Å². The highest BCUT2D eigenvalue weighted by Gasteiger charge is 2.36. The average Bonchev–Trinajstić information content (AvgIpc) is 3.15. The van der Waals surface area contributed by atoms with Crippen molar-refractivity contribution in [2.24, 2.45) is 11.8 Å². The fourth-order valence-electron chi connectivity index (χ4n) is 4.26. The molecule has 1 amide bonds. The van der Waals surface area contributed by atoms with Crippen LogP contribution < -0.4 is 10.1 Å². The van der Waals surface area contributed by atoms with Crippen LogP contribution >= 0.6 is 11.6 Å². The average molecular weight is 553 g/mol. The molecule has 0 bridgehead atoms. The molecule has 2 N–H and O–H groups in total. The van der Waals surface area contributed by atoms with Crippen molar-refractivity contribution in [2.75, 3.05) is 6.54 Å². The first-order valence-corrected chi connectivity index (χ1v) is 12.4. The van der Waals surface area contributed by atoms with Crippen LogP contribution in [0.15, 0.2) is 12.3 Å². The third-order valence-electron chi connectivity index (χ3n) is 6.62. The van der Waals surface area contributed by atoms with Crippen LogP contribution in [0.1, 0.15) is 68.3 Å². The Hall–Kier alpha value is -2.47. The number of aliphatic hydroxyl groups is 1. The van der Waals surface area contributed by atoms with E-state index in [0.29, 0.717) is 18.8 Å². The summed E-state index contributed by atoms with van der Waals surface area (Å²) in [6.07, 6.45) is -0.901. The summed E-state index contributed by atoms with van der Waals surface area (Å²) in [5.74, 6) is -2.46. The van der Waals surface area contributed by atoms with E-state index in [2.05, 4.69) is 26.9 Å². The third kappa shape index (κ3) is 7.10. The van der Waals surface area contributed by atoms with Gasteiger partial charge in [0, 0.05) is 19.2 Å². The van der Waals surface area contributed by atoms with Gasteiger partial charge in [-0.2, -0.15) is 22.0 Å². The highest BCUT2D eigenvalue weighted by atomic mass is 35.5. The number of aromatic nitrogens is 3. The van der Waals surface area contributed by atoms with Gasteiger partial charge in [-0.3, -0.25) is 9.36 Å². The minimum Gasteiger partial charge on any atom is -0.431 e. The van der Waals surface area contributed by atoms with Gasteiger partial charge >= 0.3 is 12.8 Å². The zero-order valence-electron chi connectivity index (χ0n) is 20.7. The number of hydrogen-bond acceptors (Lipinski definition) is 5. The number of imidazole rings is 1. The van der Waals surface area contributed by atoms with Gasteiger partial charge in [0.1, 0.15) is 11.0 Å². The molecule has 0 radical (unpaired) electrons. The fraction of sp³-hybridized carbons (Fsp3) is 0.625. The zero-order valence-corrected chi connectivity index (χ0v) is 21.5. The van der Waals surface area contributed by atoms with Gasteiger partial charge in [0.05, 0.1) is 11.5 Å². The van der Waals surface area contributed by atoms with E-state index >= 15 is 0 Å². The lowest BCUT2D eigenvalue weighted by Crippen LogP contribution is -2.45. The highest BCUT2D eigenvalue weighted by molar-refractivity contribution is 6.32. The molecule has 0 aromatic carbocycles. The van der Waals surface area contributed by atoms with Crippen molar-refractivity contribution >= 4 is 17.5 Å². The Kier molecular flexibility index (Phi) is 9.05. The number of ether oxygens (including phenoxy) is 1. The van der Waals surface area contributed by atoms with Crippen LogP contribution in [-0.2, 0) is 12.8 Å². The molecule has 1 atom stereocenters. The fourth-order valence-corrected chi connectivity index (χ4v) is 4.56. The first kappa shape index (κ1) is 29.1. The van der Waals surface area contributed by atoms with E-state index in [4.69, 9.17) is 11.6 Å². The predicted octanol–water partition coefficient (Wildman–Crippen LogP) is 5.50. The zero-order chi connectivity index (χ0) is 27.5. The molecule has 2 aromatic heterocycles. The van der Waals surface area contributed by atoms with Gasteiger partial charge in [-0.1, -0.05) is 32.4 Å². The maximum atomic E-state index is 13.2. The third-order valence-corrected chi connectivity index (χ3v) is 6.97. The topological polar surface area (TPSA) is 89.3 Å². The molecular formula is C24H30ClF5N4O3. The smallest absolute Gasteiger partial charge is 0.391 e. The van der Waals surface area contributed by atoms with Crippen molar-refractivity contribution in [2.45, 2.75) is 77.7 Å². The van der Waals surface area contributed by atoms with E-state index < -0.39 is 42.4 Å². The van der Waals surface area contributed by atoms with Crippen molar-refractivity contribution in [3.05, 3.63) is 34.5 Å². The number of nitrogens with one attached hydrogen (secondary N) is 1. The van der Waals surface area contributed by atoms with E-state index in [-0.39, 0.29) is 41.0 Å². The Morgan fingerprint density at radius 1 is 1.35 bits per heavy atom. The lowest BCUT2D eigenvalue weighted by Gasteiger charge is -2.34. The van der Waals surface area contributed by atoms with Gasteiger partial charge in [-0.15, -0.1) is 0 Å². The van der Waals surface area contributed by atoms with Crippen LogP contribution in [0.3, 0.4) is 0 Å².